The van der Waals surface area contributed by atoms with Gasteiger partial charge >= 0.3 is 0 Å². The van der Waals surface area contributed by atoms with Crippen molar-refractivity contribution in [2.24, 2.45) is 0 Å². The maximum Gasteiger partial charge on any atom is 0.0489 e. The van der Waals surface area contributed by atoms with Crippen LogP contribution in [0.1, 0.15) is 44.5 Å². The van der Waals surface area contributed by atoms with E-state index in [9.17, 15) is 0 Å². The van der Waals surface area contributed by atoms with E-state index in [1.807, 2.05) is 0 Å². The molecule has 0 saturated heterocycles. The largest absolute Gasteiger partial charge is 0.340 e. The second-order valence-electron chi connectivity index (χ2n) is 8.22. The summed E-state index contributed by atoms with van der Waals surface area (Å²) in [6.07, 6.45) is 1.05. The Balaban J connectivity index is 1.97. The van der Waals surface area contributed by atoms with Crippen molar-refractivity contribution >= 4 is 10.9 Å². The lowest BCUT2D eigenvalue weighted by atomic mass is 9.80. The van der Waals surface area contributed by atoms with Crippen LogP contribution < -0.4 is 5.32 Å². The van der Waals surface area contributed by atoms with E-state index in [4.69, 9.17) is 0 Å². The van der Waals surface area contributed by atoms with E-state index in [-0.39, 0.29) is 11.1 Å². The summed E-state index contributed by atoms with van der Waals surface area (Å²) in [6.45, 7) is 10.2. The van der Waals surface area contributed by atoms with Gasteiger partial charge in [-0.05, 0) is 39.3 Å². The number of benzene rings is 2. The van der Waals surface area contributed by atoms with Gasteiger partial charge in [0, 0.05) is 46.2 Å². The van der Waals surface area contributed by atoms with Crippen LogP contribution in [-0.2, 0) is 18.5 Å². The van der Waals surface area contributed by atoms with Gasteiger partial charge in [0.05, 0.1) is 0 Å². The first-order chi connectivity index (χ1) is 11.4. The first-order valence-corrected chi connectivity index (χ1v) is 8.81. The van der Waals surface area contributed by atoms with Crippen molar-refractivity contribution in [2.75, 3.05) is 0 Å². The quantitative estimate of drug-likeness (QED) is 0.715. The molecule has 0 amide bonds. The van der Waals surface area contributed by atoms with Crippen molar-refractivity contribution in [1.82, 2.24) is 9.88 Å². The fraction of sp³-hybridized carbons (Fsp3) is 0.364. The van der Waals surface area contributed by atoms with E-state index in [1.54, 1.807) is 0 Å². The Morgan fingerprint density at radius 2 is 1.58 bits per heavy atom. The highest BCUT2D eigenvalue weighted by Crippen LogP contribution is 2.41. The SMILES string of the molecule is CC1(C)Cc2c(c3ccccc3n2Cc2ccccc2)C(C)(C)N1. The molecule has 0 spiro atoms. The van der Waals surface area contributed by atoms with Crippen molar-refractivity contribution in [1.29, 1.82) is 0 Å². The number of aromatic nitrogens is 1. The smallest absolute Gasteiger partial charge is 0.0489 e. The van der Waals surface area contributed by atoms with Crippen LogP contribution >= 0.6 is 0 Å². The Labute approximate surface area is 144 Å². The third kappa shape index (κ3) is 2.46. The molecule has 0 atom stereocenters. The number of nitrogens with one attached hydrogen (secondary N) is 1. The van der Waals surface area contributed by atoms with Gasteiger partial charge in [0.1, 0.15) is 0 Å². The van der Waals surface area contributed by atoms with Crippen molar-refractivity contribution in [3.05, 3.63) is 71.4 Å². The molecule has 4 rings (SSSR count). The molecule has 0 radical (unpaired) electrons. The molecule has 2 heteroatoms. The minimum atomic E-state index is -0.0291. The minimum absolute atomic E-state index is 0.0291. The van der Waals surface area contributed by atoms with Crippen molar-refractivity contribution in [2.45, 2.75) is 51.7 Å². The summed E-state index contributed by atoms with van der Waals surface area (Å²) in [5.41, 5.74) is 5.72. The highest BCUT2D eigenvalue weighted by atomic mass is 15.1. The van der Waals surface area contributed by atoms with Crippen LogP contribution in [0.25, 0.3) is 10.9 Å². The molecular weight excluding hydrogens is 292 g/mol. The maximum absolute atomic E-state index is 3.84. The molecule has 2 aromatic carbocycles. The van der Waals surface area contributed by atoms with Crippen molar-refractivity contribution in [3.63, 3.8) is 0 Å². The summed E-state index contributed by atoms with van der Waals surface area (Å²) in [4.78, 5) is 0. The van der Waals surface area contributed by atoms with Gasteiger partial charge in [-0.15, -0.1) is 0 Å². The Kier molecular flexibility index (Phi) is 3.36. The Morgan fingerprint density at radius 3 is 2.33 bits per heavy atom. The average Bonchev–Trinajstić information content (AvgIpc) is 2.81. The van der Waals surface area contributed by atoms with Crippen molar-refractivity contribution in [3.8, 4) is 0 Å². The van der Waals surface area contributed by atoms with E-state index in [0.717, 1.165) is 13.0 Å². The summed E-state index contributed by atoms with van der Waals surface area (Å²) in [6, 6.07) is 19.6. The summed E-state index contributed by atoms with van der Waals surface area (Å²) >= 11 is 0. The second-order valence-corrected chi connectivity index (χ2v) is 8.22. The Hall–Kier alpha value is -2.06. The molecule has 0 bridgehead atoms. The summed E-state index contributed by atoms with van der Waals surface area (Å²) in [5, 5.41) is 5.23. The molecule has 3 aromatic rings. The van der Waals surface area contributed by atoms with Crippen LogP contribution in [0.5, 0.6) is 0 Å². The van der Waals surface area contributed by atoms with Gasteiger partial charge in [0.2, 0.25) is 0 Å². The maximum atomic E-state index is 3.84. The van der Waals surface area contributed by atoms with Crippen LogP contribution in [0.15, 0.2) is 54.6 Å². The van der Waals surface area contributed by atoms with Gasteiger partial charge in [0.25, 0.3) is 0 Å². The Bertz CT molecular complexity index is 885. The topological polar surface area (TPSA) is 17.0 Å². The number of para-hydroxylation sites is 1. The molecule has 0 saturated carbocycles. The van der Waals surface area contributed by atoms with E-state index in [1.165, 1.54) is 27.7 Å². The number of fused-ring (bicyclic) bond motifs is 3. The molecule has 1 aliphatic heterocycles. The highest BCUT2D eigenvalue weighted by molar-refractivity contribution is 5.87. The normalized spacial score (nSPS) is 18.5. The monoisotopic (exact) mass is 318 g/mol. The van der Waals surface area contributed by atoms with Crippen LogP contribution in [0.2, 0.25) is 0 Å². The van der Waals surface area contributed by atoms with Crippen molar-refractivity contribution < 1.29 is 0 Å². The first kappa shape index (κ1) is 15.5. The zero-order valence-electron chi connectivity index (χ0n) is 15.1. The zero-order valence-corrected chi connectivity index (χ0v) is 15.1. The summed E-state index contributed by atoms with van der Waals surface area (Å²) < 4.78 is 2.53. The Morgan fingerprint density at radius 1 is 0.917 bits per heavy atom. The molecule has 0 unspecified atom stereocenters. The number of nitrogens with zero attached hydrogens (tertiary/aromatic N) is 1. The first-order valence-electron chi connectivity index (χ1n) is 8.81. The van der Waals surface area contributed by atoms with Crippen LogP contribution in [0.3, 0.4) is 0 Å². The average molecular weight is 318 g/mol. The fourth-order valence-corrected chi connectivity index (χ4v) is 4.56. The third-order valence-corrected chi connectivity index (χ3v) is 5.15. The molecule has 124 valence electrons. The van der Waals surface area contributed by atoms with E-state index >= 15 is 0 Å². The number of hydrogen-bond donors (Lipinski definition) is 1. The van der Waals surface area contributed by atoms with E-state index in [2.05, 4.69) is 92.2 Å². The lowest BCUT2D eigenvalue weighted by molar-refractivity contribution is 0.239. The lowest BCUT2D eigenvalue weighted by Gasteiger charge is -2.43. The van der Waals surface area contributed by atoms with Gasteiger partial charge in [-0.25, -0.2) is 0 Å². The van der Waals surface area contributed by atoms with Gasteiger partial charge in [-0.3, -0.25) is 0 Å². The molecule has 0 aliphatic carbocycles. The van der Waals surface area contributed by atoms with Gasteiger partial charge < -0.3 is 9.88 Å². The minimum Gasteiger partial charge on any atom is -0.340 e. The second kappa shape index (κ2) is 5.22. The van der Waals surface area contributed by atoms with Gasteiger partial charge in [-0.1, -0.05) is 48.5 Å². The predicted octanol–water partition coefficient (Wildman–Crippen LogP) is 4.85. The molecule has 1 aromatic heterocycles. The summed E-state index contributed by atoms with van der Waals surface area (Å²) in [7, 11) is 0. The van der Waals surface area contributed by atoms with Crippen LogP contribution in [-0.4, -0.2) is 10.1 Å². The lowest BCUT2D eigenvalue weighted by Crippen LogP contribution is -2.55. The molecule has 2 heterocycles. The van der Waals surface area contributed by atoms with E-state index < -0.39 is 0 Å². The van der Waals surface area contributed by atoms with Crippen LogP contribution in [0.4, 0.5) is 0 Å². The van der Waals surface area contributed by atoms with Crippen LogP contribution in [0, 0.1) is 0 Å². The van der Waals surface area contributed by atoms with E-state index in [0.29, 0.717) is 0 Å². The number of rotatable bonds is 2. The predicted molar refractivity (Wildman–Crippen MR) is 101 cm³/mol. The third-order valence-electron chi connectivity index (χ3n) is 5.15. The molecular formula is C22H26N2. The molecule has 24 heavy (non-hydrogen) atoms. The standard InChI is InChI=1S/C22H26N2/c1-21(2)14-19-20(22(3,4)23-21)17-12-8-9-13-18(17)24(19)15-16-10-6-5-7-11-16/h5-13,23H,14-15H2,1-4H3. The molecule has 2 nitrogen and oxygen atoms in total. The zero-order chi connectivity index (χ0) is 16.9. The highest BCUT2D eigenvalue weighted by Gasteiger charge is 2.40. The molecule has 1 aliphatic rings. The summed E-state index contributed by atoms with van der Waals surface area (Å²) in [5.74, 6) is 0. The molecule has 0 fully saturated rings. The van der Waals surface area contributed by atoms with Gasteiger partial charge in [-0.2, -0.15) is 0 Å². The molecule has 1 N–H and O–H groups in total. The van der Waals surface area contributed by atoms with Gasteiger partial charge in [0.15, 0.2) is 0 Å². The fourth-order valence-electron chi connectivity index (χ4n) is 4.56. The number of hydrogen-bond acceptors (Lipinski definition) is 1.